The van der Waals surface area contributed by atoms with Gasteiger partial charge in [-0.05, 0) is 17.7 Å². The van der Waals surface area contributed by atoms with Gasteiger partial charge in [-0.25, -0.2) is 4.79 Å². The number of hydrogen-bond donors (Lipinski definition) is 0. The Balaban J connectivity index is 1.67. The fourth-order valence-corrected chi connectivity index (χ4v) is 1.93. The molecule has 0 amide bonds. The fraction of sp³-hybridized carbons (Fsp3) is 0.235. The molecule has 1 atom stereocenters. The molecule has 5 heteroatoms. The first-order valence-electron chi connectivity index (χ1n) is 6.94. The van der Waals surface area contributed by atoms with Gasteiger partial charge in [-0.2, -0.15) is 0 Å². The molecule has 0 saturated carbocycles. The van der Waals surface area contributed by atoms with Crippen molar-refractivity contribution in [2.24, 2.45) is 0 Å². The van der Waals surface area contributed by atoms with E-state index in [-0.39, 0.29) is 5.97 Å². The van der Waals surface area contributed by atoms with E-state index in [9.17, 15) is 4.79 Å². The van der Waals surface area contributed by atoms with Gasteiger partial charge >= 0.3 is 5.97 Å². The Kier molecular flexibility index (Phi) is 4.25. The standard InChI is InChI=1S/C17H16O5/c1-19-15-9-13(22-17(18)16-11-21-16)7-8-14(15)20-10-12-5-3-2-4-6-12/h2-9,16H,10-11H2,1H3. The first-order valence-corrected chi connectivity index (χ1v) is 6.94. The van der Waals surface area contributed by atoms with Crippen LogP contribution >= 0.6 is 0 Å². The van der Waals surface area contributed by atoms with Crippen molar-refractivity contribution in [2.75, 3.05) is 13.7 Å². The number of methoxy groups -OCH3 is 1. The van der Waals surface area contributed by atoms with E-state index in [1.54, 1.807) is 25.3 Å². The molecule has 0 spiro atoms. The second kappa shape index (κ2) is 6.49. The molecule has 0 radical (unpaired) electrons. The highest BCUT2D eigenvalue weighted by Gasteiger charge is 2.33. The first-order chi connectivity index (χ1) is 10.8. The highest BCUT2D eigenvalue weighted by Crippen LogP contribution is 2.32. The van der Waals surface area contributed by atoms with Gasteiger partial charge in [-0.15, -0.1) is 0 Å². The molecule has 0 N–H and O–H groups in total. The number of carbonyl (C=O) groups is 1. The highest BCUT2D eigenvalue weighted by molar-refractivity contribution is 5.79. The van der Waals surface area contributed by atoms with Crippen LogP contribution < -0.4 is 14.2 Å². The number of ether oxygens (including phenoxy) is 4. The Morgan fingerprint density at radius 3 is 2.64 bits per heavy atom. The van der Waals surface area contributed by atoms with Gasteiger partial charge < -0.3 is 18.9 Å². The average molecular weight is 300 g/mol. The van der Waals surface area contributed by atoms with Crippen LogP contribution in [0.1, 0.15) is 5.56 Å². The quantitative estimate of drug-likeness (QED) is 0.466. The molecule has 1 aliphatic rings. The van der Waals surface area contributed by atoms with Crippen molar-refractivity contribution in [1.82, 2.24) is 0 Å². The molecule has 1 heterocycles. The van der Waals surface area contributed by atoms with Crippen molar-refractivity contribution in [1.29, 1.82) is 0 Å². The molecule has 0 aliphatic carbocycles. The van der Waals surface area contributed by atoms with Crippen LogP contribution in [0.15, 0.2) is 48.5 Å². The monoisotopic (exact) mass is 300 g/mol. The number of rotatable bonds is 6. The maximum atomic E-state index is 11.6. The maximum absolute atomic E-state index is 11.6. The summed E-state index contributed by atoms with van der Waals surface area (Å²) in [6.07, 6.45) is -0.431. The minimum Gasteiger partial charge on any atom is -0.493 e. The Morgan fingerprint density at radius 2 is 1.95 bits per heavy atom. The fourth-order valence-electron chi connectivity index (χ4n) is 1.93. The topological polar surface area (TPSA) is 57.3 Å². The molecule has 1 saturated heterocycles. The van der Waals surface area contributed by atoms with E-state index in [1.807, 2.05) is 30.3 Å². The Morgan fingerprint density at radius 1 is 1.18 bits per heavy atom. The lowest BCUT2D eigenvalue weighted by atomic mass is 10.2. The second-order valence-corrected chi connectivity index (χ2v) is 4.83. The van der Waals surface area contributed by atoms with Gasteiger partial charge in [-0.1, -0.05) is 30.3 Å². The largest absolute Gasteiger partial charge is 0.493 e. The van der Waals surface area contributed by atoms with Gasteiger partial charge in [0.2, 0.25) is 0 Å². The van der Waals surface area contributed by atoms with Gasteiger partial charge in [0.25, 0.3) is 0 Å². The third-order valence-corrected chi connectivity index (χ3v) is 3.19. The number of esters is 1. The average Bonchev–Trinajstić information content (AvgIpc) is 3.39. The van der Waals surface area contributed by atoms with E-state index in [2.05, 4.69) is 0 Å². The molecule has 1 fully saturated rings. The summed E-state index contributed by atoms with van der Waals surface area (Å²) in [5, 5.41) is 0. The van der Waals surface area contributed by atoms with Crippen molar-refractivity contribution < 1.29 is 23.7 Å². The Labute approximate surface area is 128 Å². The molecule has 2 aromatic carbocycles. The van der Waals surface area contributed by atoms with Crippen molar-refractivity contribution in [3.63, 3.8) is 0 Å². The van der Waals surface area contributed by atoms with E-state index >= 15 is 0 Å². The van der Waals surface area contributed by atoms with Crippen molar-refractivity contribution >= 4 is 5.97 Å². The third kappa shape index (κ3) is 3.56. The van der Waals surface area contributed by atoms with Crippen LogP contribution in [0.3, 0.4) is 0 Å². The number of benzene rings is 2. The minimum atomic E-state index is -0.431. The summed E-state index contributed by atoms with van der Waals surface area (Å²) in [6, 6.07) is 14.9. The van der Waals surface area contributed by atoms with E-state index in [4.69, 9.17) is 18.9 Å². The summed E-state index contributed by atoms with van der Waals surface area (Å²) in [6.45, 7) is 0.862. The lowest BCUT2D eigenvalue weighted by Gasteiger charge is -2.12. The predicted molar refractivity (Wildman–Crippen MR) is 79.1 cm³/mol. The number of epoxide rings is 1. The predicted octanol–water partition coefficient (Wildman–Crippen LogP) is 2.58. The summed E-state index contributed by atoms with van der Waals surface area (Å²) in [5.74, 6) is 1.12. The molecule has 22 heavy (non-hydrogen) atoms. The van der Waals surface area contributed by atoms with E-state index < -0.39 is 6.10 Å². The normalized spacial score (nSPS) is 16.0. The van der Waals surface area contributed by atoms with Crippen LogP contribution in [0, 0.1) is 0 Å². The van der Waals surface area contributed by atoms with Crippen molar-refractivity contribution in [3.8, 4) is 17.2 Å². The molecule has 2 aromatic rings. The Bertz CT molecular complexity index is 649. The molecule has 0 aromatic heterocycles. The van der Waals surface area contributed by atoms with E-state index in [0.717, 1.165) is 5.56 Å². The summed E-state index contributed by atoms with van der Waals surface area (Å²) >= 11 is 0. The molecule has 3 rings (SSSR count). The van der Waals surface area contributed by atoms with E-state index in [1.165, 1.54) is 0 Å². The smallest absolute Gasteiger partial charge is 0.343 e. The first kappa shape index (κ1) is 14.4. The second-order valence-electron chi connectivity index (χ2n) is 4.83. The summed E-state index contributed by atoms with van der Waals surface area (Å²) < 4.78 is 21.1. The SMILES string of the molecule is COc1cc(OC(=O)C2CO2)ccc1OCc1ccccc1. The van der Waals surface area contributed by atoms with Crippen LogP contribution in [0.4, 0.5) is 0 Å². The van der Waals surface area contributed by atoms with Crippen LogP contribution in [-0.4, -0.2) is 25.8 Å². The Hall–Kier alpha value is -2.53. The van der Waals surface area contributed by atoms with Crippen LogP contribution in [0.5, 0.6) is 17.2 Å². The summed E-state index contributed by atoms with van der Waals surface area (Å²) in [7, 11) is 1.54. The molecule has 1 unspecified atom stereocenters. The zero-order valence-electron chi connectivity index (χ0n) is 12.2. The van der Waals surface area contributed by atoms with Crippen molar-refractivity contribution in [3.05, 3.63) is 54.1 Å². The molecule has 0 bridgehead atoms. The highest BCUT2D eigenvalue weighted by atomic mass is 16.6. The molecular formula is C17H16O5. The third-order valence-electron chi connectivity index (χ3n) is 3.19. The molecule has 114 valence electrons. The minimum absolute atomic E-state index is 0.389. The zero-order valence-corrected chi connectivity index (χ0v) is 12.2. The lowest BCUT2D eigenvalue weighted by Crippen LogP contribution is -2.14. The zero-order chi connectivity index (χ0) is 15.4. The van der Waals surface area contributed by atoms with Crippen LogP contribution in [-0.2, 0) is 16.1 Å². The van der Waals surface area contributed by atoms with Crippen molar-refractivity contribution in [2.45, 2.75) is 12.7 Å². The number of hydrogen-bond acceptors (Lipinski definition) is 5. The number of carbonyl (C=O) groups excluding carboxylic acids is 1. The summed E-state index contributed by atoms with van der Waals surface area (Å²) in [5.41, 5.74) is 1.06. The van der Waals surface area contributed by atoms with Gasteiger partial charge in [-0.3, -0.25) is 0 Å². The molecule has 5 nitrogen and oxygen atoms in total. The summed E-state index contributed by atoms with van der Waals surface area (Å²) in [4.78, 5) is 11.6. The maximum Gasteiger partial charge on any atom is 0.343 e. The van der Waals surface area contributed by atoms with Gasteiger partial charge in [0.05, 0.1) is 13.7 Å². The van der Waals surface area contributed by atoms with Gasteiger partial charge in [0.15, 0.2) is 17.6 Å². The van der Waals surface area contributed by atoms with Gasteiger partial charge in [0.1, 0.15) is 12.4 Å². The van der Waals surface area contributed by atoms with E-state index in [0.29, 0.717) is 30.5 Å². The van der Waals surface area contributed by atoms with Crippen LogP contribution in [0.2, 0.25) is 0 Å². The van der Waals surface area contributed by atoms with Crippen LogP contribution in [0.25, 0.3) is 0 Å². The molecular weight excluding hydrogens is 284 g/mol. The molecule has 1 aliphatic heterocycles. The lowest BCUT2D eigenvalue weighted by molar-refractivity contribution is -0.135. The van der Waals surface area contributed by atoms with Gasteiger partial charge in [0, 0.05) is 6.07 Å².